The maximum absolute atomic E-state index is 13.0. The number of aromatic nitrogens is 2. The van der Waals surface area contributed by atoms with Crippen molar-refractivity contribution in [1.82, 2.24) is 9.55 Å². The van der Waals surface area contributed by atoms with Crippen LogP contribution in [0.15, 0.2) is 30.7 Å². The third-order valence-corrected chi connectivity index (χ3v) is 2.86. The van der Waals surface area contributed by atoms with Crippen LogP contribution in [0.5, 0.6) is 0 Å². The molecular formula is C13H15ClFN3. The summed E-state index contributed by atoms with van der Waals surface area (Å²) in [7, 11) is 0. The van der Waals surface area contributed by atoms with E-state index in [-0.39, 0.29) is 11.1 Å². The highest BCUT2D eigenvalue weighted by Gasteiger charge is 2.04. The van der Waals surface area contributed by atoms with Crippen LogP contribution in [0.2, 0.25) is 5.02 Å². The Kier molecular flexibility index (Phi) is 3.99. The van der Waals surface area contributed by atoms with Crippen molar-refractivity contribution in [3.05, 3.63) is 52.8 Å². The van der Waals surface area contributed by atoms with E-state index in [9.17, 15) is 4.39 Å². The third kappa shape index (κ3) is 3.31. The fourth-order valence-corrected chi connectivity index (χ4v) is 1.98. The molecule has 2 rings (SSSR count). The van der Waals surface area contributed by atoms with E-state index in [0.29, 0.717) is 6.54 Å². The van der Waals surface area contributed by atoms with Crippen LogP contribution in [0.3, 0.4) is 0 Å². The van der Waals surface area contributed by atoms with E-state index in [1.807, 2.05) is 17.7 Å². The average Bonchev–Trinajstić information content (AvgIpc) is 2.70. The lowest BCUT2D eigenvalue weighted by Gasteiger charge is -2.04. The maximum Gasteiger partial charge on any atom is 0.141 e. The van der Waals surface area contributed by atoms with E-state index >= 15 is 0 Å². The first-order valence-corrected chi connectivity index (χ1v) is 6.12. The SMILES string of the molecule is CC(N)Cc1cn(Cc2ccc(F)c(Cl)c2)cn1. The molecule has 0 amide bonds. The molecule has 1 aromatic heterocycles. The molecule has 1 unspecified atom stereocenters. The van der Waals surface area contributed by atoms with Crippen LogP contribution in [0, 0.1) is 5.82 Å². The highest BCUT2D eigenvalue weighted by atomic mass is 35.5. The number of rotatable bonds is 4. The van der Waals surface area contributed by atoms with Crippen molar-refractivity contribution < 1.29 is 4.39 Å². The molecule has 0 aliphatic rings. The van der Waals surface area contributed by atoms with Crippen molar-refractivity contribution in [2.45, 2.75) is 25.9 Å². The van der Waals surface area contributed by atoms with Gasteiger partial charge in [-0.15, -0.1) is 0 Å². The summed E-state index contributed by atoms with van der Waals surface area (Å²) in [6.45, 7) is 2.56. The van der Waals surface area contributed by atoms with Crippen molar-refractivity contribution in [2.24, 2.45) is 5.73 Å². The van der Waals surface area contributed by atoms with Crippen LogP contribution in [0.25, 0.3) is 0 Å². The zero-order chi connectivity index (χ0) is 13.1. The molecule has 0 saturated heterocycles. The number of benzene rings is 1. The van der Waals surface area contributed by atoms with Crippen molar-refractivity contribution in [1.29, 1.82) is 0 Å². The van der Waals surface area contributed by atoms with Gasteiger partial charge in [-0.2, -0.15) is 0 Å². The van der Waals surface area contributed by atoms with E-state index in [1.54, 1.807) is 18.5 Å². The first kappa shape index (κ1) is 13.1. The lowest BCUT2D eigenvalue weighted by Crippen LogP contribution is -2.17. The fraction of sp³-hybridized carbons (Fsp3) is 0.308. The van der Waals surface area contributed by atoms with Gasteiger partial charge in [0, 0.05) is 25.2 Å². The maximum atomic E-state index is 13.0. The summed E-state index contributed by atoms with van der Waals surface area (Å²) < 4.78 is 15.0. The minimum absolute atomic E-state index is 0.0913. The van der Waals surface area contributed by atoms with Gasteiger partial charge < -0.3 is 10.3 Å². The topological polar surface area (TPSA) is 43.8 Å². The van der Waals surface area contributed by atoms with Crippen molar-refractivity contribution in [2.75, 3.05) is 0 Å². The Hall–Kier alpha value is -1.39. The van der Waals surface area contributed by atoms with E-state index < -0.39 is 5.82 Å². The Morgan fingerprint density at radius 3 is 2.94 bits per heavy atom. The van der Waals surface area contributed by atoms with Crippen LogP contribution < -0.4 is 5.73 Å². The van der Waals surface area contributed by atoms with Gasteiger partial charge in [0.1, 0.15) is 5.82 Å². The number of imidazole rings is 1. The minimum Gasteiger partial charge on any atom is -0.333 e. The van der Waals surface area contributed by atoms with Gasteiger partial charge in [0.2, 0.25) is 0 Å². The van der Waals surface area contributed by atoms with Gasteiger partial charge in [-0.05, 0) is 24.6 Å². The number of halogens is 2. The highest BCUT2D eigenvalue weighted by molar-refractivity contribution is 6.30. The van der Waals surface area contributed by atoms with Gasteiger partial charge in [0.15, 0.2) is 0 Å². The van der Waals surface area contributed by atoms with E-state index in [0.717, 1.165) is 17.7 Å². The molecule has 18 heavy (non-hydrogen) atoms. The summed E-state index contributed by atoms with van der Waals surface area (Å²) in [4.78, 5) is 4.27. The Balaban J connectivity index is 2.08. The predicted octanol–water partition coefficient (Wildman–Crippen LogP) is 2.61. The number of nitrogens with two attached hydrogens (primary N) is 1. The van der Waals surface area contributed by atoms with Crippen LogP contribution >= 0.6 is 11.6 Å². The molecule has 1 heterocycles. The van der Waals surface area contributed by atoms with Gasteiger partial charge in [0.05, 0.1) is 17.0 Å². The second kappa shape index (κ2) is 5.50. The normalized spacial score (nSPS) is 12.7. The third-order valence-electron chi connectivity index (χ3n) is 2.57. The van der Waals surface area contributed by atoms with E-state index in [2.05, 4.69) is 4.98 Å². The predicted molar refractivity (Wildman–Crippen MR) is 70.1 cm³/mol. The summed E-state index contributed by atoms with van der Waals surface area (Å²) in [6, 6.07) is 4.81. The quantitative estimate of drug-likeness (QED) is 0.925. The summed E-state index contributed by atoms with van der Waals surface area (Å²) in [6.07, 6.45) is 4.44. The Morgan fingerprint density at radius 2 is 2.28 bits per heavy atom. The lowest BCUT2D eigenvalue weighted by atomic mass is 10.2. The molecule has 2 N–H and O–H groups in total. The number of nitrogens with zero attached hydrogens (tertiary/aromatic N) is 2. The molecule has 2 aromatic rings. The first-order valence-electron chi connectivity index (χ1n) is 5.75. The number of hydrogen-bond donors (Lipinski definition) is 1. The van der Waals surface area contributed by atoms with Crippen molar-refractivity contribution >= 4 is 11.6 Å². The molecule has 5 heteroatoms. The summed E-state index contributed by atoms with van der Waals surface area (Å²) in [5.74, 6) is -0.399. The average molecular weight is 268 g/mol. The molecule has 0 aliphatic carbocycles. The van der Waals surface area contributed by atoms with E-state index in [1.165, 1.54) is 6.07 Å². The fourth-order valence-electron chi connectivity index (χ4n) is 1.78. The molecule has 3 nitrogen and oxygen atoms in total. The molecule has 0 spiro atoms. The molecule has 0 saturated carbocycles. The zero-order valence-corrected chi connectivity index (χ0v) is 10.9. The van der Waals surface area contributed by atoms with Gasteiger partial charge in [-0.1, -0.05) is 17.7 Å². The Bertz CT molecular complexity index is 537. The van der Waals surface area contributed by atoms with Crippen LogP contribution in [0.1, 0.15) is 18.2 Å². The smallest absolute Gasteiger partial charge is 0.141 e. The monoisotopic (exact) mass is 267 g/mol. The molecule has 0 fully saturated rings. The van der Waals surface area contributed by atoms with Gasteiger partial charge in [-0.3, -0.25) is 0 Å². The Labute approximate surface area is 110 Å². The molecule has 1 atom stereocenters. The molecular weight excluding hydrogens is 253 g/mol. The molecule has 0 bridgehead atoms. The highest BCUT2D eigenvalue weighted by Crippen LogP contribution is 2.16. The Morgan fingerprint density at radius 1 is 1.50 bits per heavy atom. The van der Waals surface area contributed by atoms with Gasteiger partial charge >= 0.3 is 0 Å². The van der Waals surface area contributed by atoms with Crippen LogP contribution in [-0.4, -0.2) is 15.6 Å². The zero-order valence-electron chi connectivity index (χ0n) is 10.1. The van der Waals surface area contributed by atoms with Crippen LogP contribution in [0.4, 0.5) is 4.39 Å². The number of hydrogen-bond acceptors (Lipinski definition) is 2. The molecule has 0 radical (unpaired) electrons. The molecule has 1 aromatic carbocycles. The largest absolute Gasteiger partial charge is 0.333 e. The van der Waals surface area contributed by atoms with Gasteiger partial charge in [0.25, 0.3) is 0 Å². The second-order valence-corrected chi connectivity index (χ2v) is 4.87. The molecule has 96 valence electrons. The standard InChI is InChI=1S/C13H15ClFN3/c1-9(16)4-11-7-18(8-17-11)6-10-2-3-13(15)12(14)5-10/h2-3,5,7-9H,4,6,16H2,1H3. The summed E-state index contributed by atoms with van der Waals surface area (Å²) in [5, 5.41) is 0.142. The van der Waals surface area contributed by atoms with Crippen LogP contribution in [-0.2, 0) is 13.0 Å². The van der Waals surface area contributed by atoms with Gasteiger partial charge in [-0.25, -0.2) is 9.37 Å². The van der Waals surface area contributed by atoms with E-state index in [4.69, 9.17) is 17.3 Å². The minimum atomic E-state index is -0.399. The second-order valence-electron chi connectivity index (χ2n) is 4.47. The van der Waals surface area contributed by atoms with Crippen molar-refractivity contribution in [3.8, 4) is 0 Å². The summed E-state index contributed by atoms with van der Waals surface area (Å²) >= 11 is 5.74. The van der Waals surface area contributed by atoms with Crippen molar-refractivity contribution in [3.63, 3.8) is 0 Å². The molecule has 0 aliphatic heterocycles. The lowest BCUT2D eigenvalue weighted by molar-refractivity contribution is 0.626. The first-order chi connectivity index (χ1) is 8.54. The summed E-state index contributed by atoms with van der Waals surface area (Å²) in [5.41, 5.74) is 7.61.